The Morgan fingerprint density at radius 1 is 1.10 bits per heavy atom. The highest BCUT2D eigenvalue weighted by atomic mass is 19.1. The van der Waals surface area contributed by atoms with Crippen LogP contribution >= 0.6 is 0 Å². The van der Waals surface area contributed by atoms with Crippen molar-refractivity contribution in [1.29, 1.82) is 0 Å². The molecule has 2 aromatic heterocycles. The van der Waals surface area contributed by atoms with Crippen LogP contribution in [-0.2, 0) is 31.2 Å². The number of carboxylic acids is 1. The Hall–Kier alpha value is -3.63. The van der Waals surface area contributed by atoms with Gasteiger partial charge in [-0.25, -0.2) is 14.4 Å². The molecule has 3 N–H and O–H groups in total. The molecule has 6 rings (SSSR count). The molecule has 264 valence electrons. The van der Waals surface area contributed by atoms with Crippen molar-refractivity contribution in [1.82, 2.24) is 24.8 Å². The van der Waals surface area contributed by atoms with Crippen molar-refractivity contribution < 1.29 is 14.3 Å². The van der Waals surface area contributed by atoms with Crippen LogP contribution < -0.4 is 16.2 Å². The zero-order valence-electron chi connectivity index (χ0n) is 29.3. The summed E-state index contributed by atoms with van der Waals surface area (Å²) in [5.74, 6) is 1.69. The van der Waals surface area contributed by atoms with E-state index in [1.54, 1.807) is 29.8 Å². The third-order valence-electron chi connectivity index (χ3n) is 11.3. The van der Waals surface area contributed by atoms with Gasteiger partial charge in [0.2, 0.25) is 5.56 Å². The van der Waals surface area contributed by atoms with E-state index in [4.69, 9.17) is 9.97 Å². The molecule has 0 spiro atoms. The second-order valence-electron chi connectivity index (χ2n) is 14.9. The SMILES string of the molecule is CC[C@@H](NCc1nc2c(c(N[C@@H](CN3CCC[C@H](C)C3)c3ccc(=O)n(C)c3)n1)C[C@H](c1cccc(F)c1)CC2)C1CCC(C(=O)O)CC1. The number of rotatable bonds is 12. The number of likely N-dealkylation sites (tertiary alicyclic amines) is 1. The summed E-state index contributed by atoms with van der Waals surface area (Å²) >= 11 is 0. The smallest absolute Gasteiger partial charge is 0.306 e. The quantitative estimate of drug-likeness (QED) is 0.208. The minimum atomic E-state index is -0.674. The van der Waals surface area contributed by atoms with Crippen molar-refractivity contribution in [2.45, 2.75) is 103 Å². The molecule has 0 bridgehead atoms. The van der Waals surface area contributed by atoms with E-state index in [1.165, 1.54) is 18.9 Å². The first kappa shape index (κ1) is 35.2. The third kappa shape index (κ3) is 8.76. The van der Waals surface area contributed by atoms with Crippen LogP contribution in [0.1, 0.15) is 105 Å². The van der Waals surface area contributed by atoms with E-state index in [-0.39, 0.29) is 35.3 Å². The Morgan fingerprint density at radius 2 is 1.92 bits per heavy atom. The van der Waals surface area contributed by atoms with Crippen LogP contribution in [0, 0.1) is 23.6 Å². The fraction of sp³-hybridized carbons (Fsp3) is 0.590. The number of nitrogens with zero attached hydrogens (tertiary/aromatic N) is 4. The predicted molar refractivity (Wildman–Crippen MR) is 190 cm³/mol. The van der Waals surface area contributed by atoms with E-state index < -0.39 is 5.97 Å². The molecule has 0 radical (unpaired) electrons. The first-order valence-electron chi connectivity index (χ1n) is 18.4. The van der Waals surface area contributed by atoms with Gasteiger partial charge in [-0.15, -0.1) is 0 Å². The lowest BCUT2D eigenvalue weighted by atomic mass is 9.78. The third-order valence-corrected chi connectivity index (χ3v) is 11.3. The van der Waals surface area contributed by atoms with E-state index in [1.807, 2.05) is 18.3 Å². The number of piperidine rings is 1. The molecular weight excluding hydrogens is 619 g/mol. The molecule has 2 fully saturated rings. The number of aliphatic carboxylic acids is 1. The minimum Gasteiger partial charge on any atom is -0.481 e. The molecule has 10 heteroatoms. The zero-order valence-corrected chi connectivity index (χ0v) is 29.3. The summed E-state index contributed by atoms with van der Waals surface area (Å²) in [5.41, 5.74) is 4.13. The number of hydrogen-bond acceptors (Lipinski definition) is 7. The average Bonchev–Trinajstić information content (AvgIpc) is 3.09. The monoisotopic (exact) mass is 672 g/mol. The van der Waals surface area contributed by atoms with Gasteiger partial charge in [-0.3, -0.25) is 9.59 Å². The Bertz CT molecular complexity index is 1650. The summed E-state index contributed by atoms with van der Waals surface area (Å²) in [6.07, 6.45) is 11.0. The van der Waals surface area contributed by atoms with Gasteiger partial charge in [0.05, 0.1) is 18.5 Å². The summed E-state index contributed by atoms with van der Waals surface area (Å²) < 4.78 is 15.9. The van der Waals surface area contributed by atoms with Crippen molar-refractivity contribution in [2.75, 3.05) is 25.0 Å². The molecule has 3 aliphatic rings. The standard InChI is InChI=1S/C39H53FN6O3/c1-4-33(26-10-12-27(13-11-26)39(48)49)41-21-36-42-34-16-14-29(28-8-5-9-31(40)19-28)20-32(34)38(44-36)43-35(24-46-18-6-7-25(2)22-46)30-15-17-37(47)45(3)23-30/h5,8-9,15,17,19,23,25-27,29,33,35,41H,4,6-7,10-14,16,18,20-22,24H2,1-3H3,(H,48,49)(H,42,43,44)/t25-,26?,27?,29+,33+,35-/m0/s1. The van der Waals surface area contributed by atoms with E-state index in [9.17, 15) is 19.1 Å². The number of fused-ring (bicyclic) bond motifs is 1. The van der Waals surface area contributed by atoms with Gasteiger partial charge in [0.15, 0.2) is 0 Å². The molecule has 0 amide bonds. The fourth-order valence-corrected chi connectivity index (χ4v) is 8.47. The van der Waals surface area contributed by atoms with Crippen LogP contribution in [0.5, 0.6) is 0 Å². The highest BCUT2D eigenvalue weighted by molar-refractivity contribution is 5.70. The molecule has 9 nitrogen and oxygen atoms in total. The predicted octanol–water partition coefficient (Wildman–Crippen LogP) is 6.23. The van der Waals surface area contributed by atoms with E-state index in [2.05, 4.69) is 29.4 Å². The number of carboxylic acid groups (broad SMARTS) is 1. The molecule has 1 aliphatic heterocycles. The number of benzene rings is 1. The molecule has 0 unspecified atom stereocenters. The van der Waals surface area contributed by atoms with Gasteiger partial charge in [-0.05, 0) is 118 Å². The second kappa shape index (κ2) is 15.9. The second-order valence-corrected chi connectivity index (χ2v) is 14.9. The highest BCUT2D eigenvalue weighted by Crippen LogP contribution is 2.37. The van der Waals surface area contributed by atoms with Crippen molar-refractivity contribution in [3.05, 3.63) is 87.0 Å². The normalized spacial score (nSPS) is 24.2. The van der Waals surface area contributed by atoms with Gasteiger partial charge in [-0.2, -0.15) is 0 Å². The van der Waals surface area contributed by atoms with E-state index in [0.717, 1.165) is 105 Å². The van der Waals surface area contributed by atoms with Gasteiger partial charge in [0.25, 0.3) is 0 Å². The summed E-state index contributed by atoms with van der Waals surface area (Å²) in [6, 6.07) is 10.7. The number of pyridine rings is 1. The first-order chi connectivity index (χ1) is 23.7. The highest BCUT2D eigenvalue weighted by Gasteiger charge is 2.31. The molecule has 3 aromatic rings. The number of aryl methyl sites for hydroxylation is 2. The van der Waals surface area contributed by atoms with Crippen LogP contribution in [0.15, 0.2) is 47.4 Å². The maximum Gasteiger partial charge on any atom is 0.306 e. The van der Waals surface area contributed by atoms with E-state index in [0.29, 0.717) is 18.4 Å². The van der Waals surface area contributed by atoms with Crippen LogP contribution in [0.25, 0.3) is 0 Å². The molecule has 3 heterocycles. The maximum absolute atomic E-state index is 14.3. The summed E-state index contributed by atoms with van der Waals surface area (Å²) in [7, 11) is 1.80. The number of halogens is 1. The lowest BCUT2D eigenvalue weighted by molar-refractivity contribution is -0.143. The number of anilines is 1. The minimum absolute atomic E-state index is 0.0401. The number of hydrogen-bond donors (Lipinski definition) is 3. The Labute approximate surface area is 289 Å². The zero-order chi connectivity index (χ0) is 34.5. The van der Waals surface area contributed by atoms with Crippen molar-refractivity contribution in [3.63, 3.8) is 0 Å². The lowest BCUT2D eigenvalue weighted by Gasteiger charge is -2.35. The molecular formula is C39H53FN6O3. The van der Waals surface area contributed by atoms with Gasteiger partial charge < -0.3 is 25.2 Å². The molecule has 1 saturated heterocycles. The maximum atomic E-state index is 14.3. The fourth-order valence-electron chi connectivity index (χ4n) is 8.47. The van der Waals surface area contributed by atoms with Crippen molar-refractivity contribution in [2.24, 2.45) is 24.8 Å². The van der Waals surface area contributed by atoms with Crippen LogP contribution in [-0.4, -0.2) is 56.2 Å². The summed E-state index contributed by atoms with van der Waals surface area (Å²) in [6.45, 7) is 7.90. The summed E-state index contributed by atoms with van der Waals surface area (Å²) in [5, 5.41) is 17.1. The number of carbonyl (C=O) groups is 1. The average molecular weight is 673 g/mol. The van der Waals surface area contributed by atoms with Gasteiger partial charge >= 0.3 is 5.97 Å². The first-order valence-corrected chi connectivity index (χ1v) is 18.4. The topological polar surface area (TPSA) is 112 Å². The van der Waals surface area contributed by atoms with Gasteiger partial charge in [0, 0.05) is 49.7 Å². The molecule has 1 aromatic carbocycles. The molecule has 1 saturated carbocycles. The van der Waals surface area contributed by atoms with Gasteiger partial charge in [-0.1, -0.05) is 26.0 Å². The van der Waals surface area contributed by atoms with Gasteiger partial charge in [0.1, 0.15) is 17.5 Å². The Balaban J connectivity index is 1.29. The Kier molecular flexibility index (Phi) is 11.4. The Morgan fingerprint density at radius 3 is 2.63 bits per heavy atom. The molecule has 4 atom stereocenters. The largest absolute Gasteiger partial charge is 0.481 e. The van der Waals surface area contributed by atoms with Crippen LogP contribution in [0.2, 0.25) is 0 Å². The lowest BCUT2D eigenvalue weighted by Crippen LogP contribution is -2.39. The van der Waals surface area contributed by atoms with Crippen LogP contribution in [0.4, 0.5) is 10.2 Å². The summed E-state index contributed by atoms with van der Waals surface area (Å²) in [4.78, 5) is 36.8. The van der Waals surface area contributed by atoms with Crippen molar-refractivity contribution in [3.8, 4) is 0 Å². The molecule has 2 aliphatic carbocycles. The number of aromatic nitrogens is 3. The molecule has 49 heavy (non-hydrogen) atoms. The van der Waals surface area contributed by atoms with E-state index >= 15 is 0 Å². The number of nitrogens with one attached hydrogen (secondary N) is 2. The van der Waals surface area contributed by atoms with Crippen LogP contribution in [0.3, 0.4) is 0 Å². The van der Waals surface area contributed by atoms with Crippen molar-refractivity contribution >= 4 is 11.8 Å².